The standard InChI is InChI=1S/C24H28N2O4S/c1-3-18-6-11-23-22(13-18)19(16-30-23)14-24(27)25-20-7-9-21(10-8-20)31(28,29)26-12-4-5-17(2)15-26/h6-11,13,16-17H,3-5,12,14-15H2,1-2H3,(H,25,27). The molecule has 6 nitrogen and oxygen atoms in total. The normalized spacial score (nSPS) is 17.7. The summed E-state index contributed by atoms with van der Waals surface area (Å²) in [5.74, 6) is 0.194. The molecule has 2 heterocycles. The molecule has 1 unspecified atom stereocenters. The number of nitrogens with one attached hydrogen (secondary N) is 1. The monoisotopic (exact) mass is 440 g/mol. The minimum absolute atomic E-state index is 0.176. The molecule has 0 radical (unpaired) electrons. The number of aryl methyl sites for hydroxylation is 1. The van der Waals surface area contributed by atoms with E-state index in [0.29, 0.717) is 24.7 Å². The second-order valence-electron chi connectivity index (χ2n) is 8.30. The first-order chi connectivity index (χ1) is 14.9. The number of nitrogens with zero attached hydrogens (tertiary/aromatic N) is 1. The van der Waals surface area contributed by atoms with Gasteiger partial charge in [0.25, 0.3) is 0 Å². The largest absolute Gasteiger partial charge is 0.464 e. The van der Waals surface area contributed by atoms with Gasteiger partial charge in [-0.3, -0.25) is 4.79 Å². The molecule has 1 fully saturated rings. The third kappa shape index (κ3) is 4.67. The van der Waals surface area contributed by atoms with Crippen molar-refractivity contribution in [1.82, 2.24) is 4.31 Å². The first-order valence-corrected chi connectivity index (χ1v) is 12.2. The topological polar surface area (TPSA) is 79.6 Å². The summed E-state index contributed by atoms with van der Waals surface area (Å²) >= 11 is 0. The van der Waals surface area contributed by atoms with Gasteiger partial charge in [0.15, 0.2) is 0 Å². The van der Waals surface area contributed by atoms with Crippen molar-refractivity contribution < 1.29 is 17.6 Å². The Kier molecular flexibility index (Phi) is 6.16. The molecule has 1 amide bonds. The highest BCUT2D eigenvalue weighted by molar-refractivity contribution is 7.89. The van der Waals surface area contributed by atoms with Crippen LogP contribution >= 0.6 is 0 Å². The summed E-state index contributed by atoms with van der Waals surface area (Å²) in [5, 5.41) is 3.80. The van der Waals surface area contributed by atoms with Crippen LogP contribution in [0.4, 0.5) is 5.69 Å². The van der Waals surface area contributed by atoms with E-state index in [-0.39, 0.29) is 17.2 Å². The molecule has 2 aromatic carbocycles. The van der Waals surface area contributed by atoms with Crippen LogP contribution in [-0.4, -0.2) is 31.7 Å². The van der Waals surface area contributed by atoms with Crippen LogP contribution in [0.25, 0.3) is 11.0 Å². The highest BCUT2D eigenvalue weighted by Gasteiger charge is 2.28. The molecular formula is C24H28N2O4S. The molecule has 0 aliphatic carbocycles. The molecule has 0 bridgehead atoms. The first-order valence-electron chi connectivity index (χ1n) is 10.8. The Labute approximate surface area is 183 Å². The van der Waals surface area contributed by atoms with Gasteiger partial charge in [0.05, 0.1) is 17.6 Å². The molecule has 31 heavy (non-hydrogen) atoms. The lowest BCUT2D eigenvalue weighted by molar-refractivity contribution is -0.115. The van der Waals surface area contributed by atoms with Crippen molar-refractivity contribution in [3.63, 3.8) is 0 Å². The summed E-state index contributed by atoms with van der Waals surface area (Å²) < 4.78 is 32.9. The lowest BCUT2D eigenvalue weighted by Gasteiger charge is -2.30. The average molecular weight is 441 g/mol. The Hall–Kier alpha value is -2.64. The number of fused-ring (bicyclic) bond motifs is 1. The number of piperidine rings is 1. The Morgan fingerprint density at radius 1 is 1.19 bits per heavy atom. The van der Waals surface area contributed by atoms with Gasteiger partial charge < -0.3 is 9.73 Å². The Morgan fingerprint density at radius 2 is 1.97 bits per heavy atom. The Morgan fingerprint density at radius 3 is 2.68 bits per heavy atom. The van der Waals surface area contributed by atoms with Gasteiger partial charge >= 0.3 is 0 Å². The van der Waals surface area contributed by atoms with Crippen LogP contribution in [0.2, 0.25) is 0 Å². The van der Waals surface area contributed by atoms with E-state index in [9.17, 15) is 13.2 Å². The predicted molar refractivity (Wildman–Crippen MR) is 122 cm³/mol. The molecule has 7 heteroatoms. The Balaban J connectivity index is 1.44. The number of rotatable bonds is 6. The van der Waals surface area contributed by atoms with Gasteiger partial charge in [-0.2, -0.15) is 4.31 Å². The molecule has 1 saturated heterocycles. The van der Waals surface area contributed by atoms with Gasteiger partial charge in [0.1, 0.15) is 5.58 Å². The van der Waals surface area contributed by atoms with Crippen molar-refractivity contribution in [2.45, 2.75) is 44.4 Å². The maximum atomic E-state index is 12.9. The van der Waals surface area contributed by atoms with E-state index in [1.54, 1.807) is 34.8 Å². The minimum atomic E-state index is -3.50. The van der Waals surface area contributed by atoms with Crippen LogP contribution in [0.15, 0.2) is 58.0 Å². The number of hydrogen-bond acceptors (Lipinski definition) is 4. The number of amides is 1. The van der Waals surface area contributed by atoms with E-state index < -0.39 is 10.0 Å². The maximum absolute atomic E-state index is 12.9. The zero-order valence-electron chi connectivity index (χ0n) is 17.9. The third-order valence-electron chi connectivity index (χ3n) is 5.87. The molecule has 0 saturated carbocycles. The van der Waals surface area contributed by atoms with Crippen molar-refractivity contribution in [2.75, 3.05) is 18.4 Å². The minimum Gasteiger partial charge on any atom is -0.464 e. The summed E-state index contributed by atoms with van der Waals surface area (Å²) in [6, 6.07) is 12.4. The molecule has 164 valence electrons. The summed E-state index contributed by atoms with van der Waals surface area (Å²) in [4.78, 5) is 12.8. The zero-order valence-corrected chi connectivity index (χ0v) is 18.7. The van der Waals surface area contributed by atoms with Gasteiger partial charge in [-0.1, -0.05) is 19.9 Å². The van der Waals surface area contributed by atoms with Crippen molar-refractivity contribution in [1.29, 1.82) is 0 Å². The van der Waals surface area contributed by atoms with Gasteiger partial charge in [0, 0.05) is 29.7 Å². The van der Waals surface area contributed by atoms with Gasteiger partial charge in [0.2, 0.25) is 15.9 Å². The molecule has 4 rings (SSSR count). The molecule has 1 aliphatic rings. The molecular weight excluding hydrogens is 412 g/mol. The van der Waals surface area contributed by atoms with E-state index >= 15 is 0 Å². The summed E-state index contributed by atoms with van der Waals surface area (Å²) in [6.07, 6.45) is 4.67. The number of furan rings is 1. The summed E-state index contributed by atoms with van der Waals surface area (Å²) in [6.45, 7) is 5.28. The number of carbonyl (C=O) groups is 1. The van der Waals surface area contributed by atoms with Crippen LogP contribution < -0.4 is 5.32 Å². The average Bonchev–Trinajstić information content (AvgIpc) is 3.15. The van der Waals surface area contributed by atoms with Gasteiger partial charge in [-0.15, -0.1) is 0 Å². The third-order valence-corrected chi connectivity index (χ3v) is 7.75. The second kappa shape index (κ2) is 8.85. The molecule has 3 aromatic rings. The summed E-state index contributed by atoms with van der Waals surface area (Å²) in [7, 11) is -3.50. The molecule has 1 aromatic heterocycles. The number of carbonyl (C=O) groups excluding carboxylic acids is 1. The number of anilines is 1. The SMILES string of the molecule is CCc1ccc2occ(CC(=O)Nc3ccc(S(=O)(=O)N4CCCC(C)C4)cc3)c2c1. The predicted octanol–water partition coefficient (Wildman–Crippen LogP) is 4.60. The fraction of sp³-hybridized carbons (Fsp3) is 0.375. The van der Waals surface area contributed by atoms with E-state index in [2.05, 4.69) is 25.2 Å². The van der Waals surface area contributed by atoms with Crippen molar-refractivity contribution >= 4 is 32.6 Å². The van der Waals surface area contributed by atoms with Crippen molar-refractivity contribution in [3.05, 3.63) is 59.9 Å². The number of hydrogen-bond donors (Lipinski definition) is 1. The highest BCUT2D eigenvalue weighted by atomic mass is 32.2. The van der Waals surface area contributed by atoms with Crippen LogP contribution in [0, 0.1) is 5.92 Å². The smallest absolute Gasteiger partial charge is 0.243 e. The molecule has 1 atom stereocenters. The molecule has 1 aliphatic heterocycles. The van der Waals surface area contributed by atoms with Crippen LogP contribution in [0.5, 0.6) is 0 Å². The maximum Gasteiger partial charge on any atom is 0.243 e. The van der Waals surface area contributed by atoms with Gasteiger partial charge in [-0.05, 0) is 67.1 Å². The van der Waals surface area contributed by atoms with E-state index in [4.69, 9.17) is 4.42 Å². The lowest BCUT2D eigenvalue weighted by Crippen LogP contribution is -2.39. The van der Waals surface area contributed by atoms with Crippen LogP contribution in [-0.2, 0) is 27.7 Å². The van der Waals surface area contributed by atoms with Crippen LogP contribution in [0.1, 0.15) is 37.8 Å². The second-order valence-corrected chi connectivity index (χ2v) is 10.2. The van der Waals surface area contributed by atoms with Crippen LogP contribution in [0.3, 0.4) is 0 Å². The van der Waals surface area contributed by atoms with Crippen molar-refractivity contribution in [2.24, 2.45) is 5.92 Å². The fourth-order valence-electron chi connectivity index (χ4n) is 4.09. The lowest BCUT2D eigenvalue weighted by atomic mass is 10.0. The van der Waals surface area contributed by atoms with Gasteiger partial charge in [-0.25, -0.2) is 8.42 Å². The summed E-state index contributed by atoms with van der Waals surface area (Å²) in [5.41, 5.74) is 3.36. The number of sulfonamides is 1. The molecule has 0 spiro atoms. The van der Waals surface area contributed by atoms with Crippen molar-refractivity contribution in [3.8, 4) is 0 Å². The molecule has 1 N–H and O–H groups in total. The Bertz CT molecular complexity index is 1180. The first kappa shape index (κ1) is 21.6. The zero-order chi connectivity index (χ0) is 22.0. The fourth-order valence-corrected chi connectivity index (χ4v) is 5.69. The van der Waals surface area contributed by atoms with E-state index in [1.165, 1.54) is 5.56 Å². The van der Waals surface area contributed by atoms with E-state index in [0.717, 1.165) is 35.8 Å². The quantitative estimate of drug-likeness (QED) is 0.608. The highest BCUT2D eigenvalue weighted by Crippen LogP contribution is 2.26. The van der Waals surface area contributed by atoms with E-state index in [1.807, 2.05) is 12.1 Å². The number of benzene rings is 2.